The van der Waals surface area contributed by atoms with Crippen LogP contribution in [0.3, 0.4) is 0 Å². The minimum Gasteiger partial charge on any atom is -0.322 e. The third kappa shape index (κ3) is 5.67. The maximum Gasteiger partial charge on any atom is 0.258 e. The molecular formula is C21H22Cl2FN3O2. The van der Waals surface area contributed by atoms with Gasteiger partial charge >= 0.3 is 0 Å². The van der Waals surface area contributed by atoms with E-state index in [0.717, 1.165) is 18.4 Å². The van der Waals surface area contributed by atoms with Crippen LogP contribution in [0.1, 0.15) is 42.6 Å². The molecule has 1 saturated carbocycles. The van der Waals surface area contributed by atoms with Gasteiger partial charge in [0.25, 0.3) is 5.91 Å². The van der Waals surface area contributed by atoms with Crippen molar-refractivity contribution in [1.82, 2.24) is 4.98 Å². The second-order valence-corrected chi connectivity index (χ2v) is 8.41. The fraction of sp³-hybridized carbons (Fsp3) is 0.381. The molecule has 2 aromatic rings. The maximum atomic E-state index is 13.0. The van der Waals surface area contributed by atoms with Crippen LogP contribution in [0.5, 0.6) is 0 Å². The van der Waals surface area contributed by atoms with Crippen LogP contribution in [0.4, 0.5) is 15.9 Å². The SMILES string of the molecule is CC(C)CCc1cc(Cl)c(C(=O)Nc2ccnc(NC(=O)[C@H]3C[C@H]3F)c2)c(Cl)c1. The first-order valence-corrected chi connectivity index (χ1v) is 10.2. The van der Waals surface area contributed by atoms with Crippen LogP contribution in [0.15, 0.2) is 30.5 Å². The van der Waals surface area contributed by atoms with Crippen molar-refractivity contribution < 1.29 is 14.0 Å². The van der Waals surface area contributed by atoms with E-state index in [4.69, 9.17) is 23.2 Å². The first-order chi connectivity index (χ1) is 13.7. The zero-order chi connectivity index (χ0) is 21.1. The standard InChI is InChI=1S/C21H22Cl2FN3O2/c1-11(2)3-4-12-7-15(22)19(16(23)8-12)21(29)26-13-5-6-25-18(9-13)27-20(28)14-10-17(14)24/h5-9,11,14,17H,3-4,10H2,1-2H3,(H2,25,26,27,28,29)/t14-,17+/m0/s1. The van der Waals surface area contributed by atoms with Crippen LogP contribution in [0, 0.1) is 11.8 Å². The number of rotatable bonds is 7. The number of aromatic nitrogens is 1. The third-order valence-corrected chi connectivity index (χ3v) is 5.25. The number of nitrogens with zero attached hydrogens (tertiary/aromatic N) is 1. The van der Waals surface area contributed by atoms with Crippen LogP contribution in [0.25, 0.3) is 0 Å². The number of alkyl halides is 1. The van der Waals surface area contributed by atoms with Crippen molar-refractivity contribution in [3.63, 3.8) is 0 Å². The van der Waals surface area contributed by atoms with Gasteiger partial charge in [0.1, 0.15) is 12.0 Å². The van der Waals surface area contributed by atoms with Crippen LogP contribution < -0.4 is 10.6 Å². The van der Waals surface area contributed by atoms with Gasteiger partial charge in [-0.3, -0.25) is 9.59 Å². The summed E-state index contributed by atoms with van der Waals surface area (Å²) in [5.41, 5.74) is 1.57. The number of pyridine rings is 1. The minimum atomic E-state index is -1.09. The van der Waals surface area contributed by atoms with Gasteiger partial charge < -0.3 is 10.6 Å². The summed E-state index contributed by atoms with van der Waals surface area (Å²) in [6.45, 7) is 4.27. The summed E-state index contributed by atoms with van der Waals surface area (Å²) >= 11 is 12.6. The molecule has 2 N–H and O–H groups in total. The molecule has 2 amide bonds. The highest BCUT2D eigenvalue weighted by atomic mass is 35.5. The van der Waals surface area contributed by atoms with Crippen molar-refractivity contribution in [3.05, 3.63) is 51.6 Å². The molecule has 2 atom stereocenters. The fourth-order valence-electron chi connectivity index (χ4n) is 2.87. The maximum absolute atomic E-state index is 13.0. The number of nitrogens with one attached hydrogen (secondary N) is 2. The first-order valence-electron chi connectivity index (χ1n) is 9.45. The fourth-order valence-corrected chi connectivity index (χ4v) is 3.57. The summed E-state index contributed by atoms with van der Waals surface area (Å²) in [4.78, 5) is 28.6. The zero-order valence-electron chi connectivity index (χ0n) is 16.1. The van der Waals surface area contributed by atoms with Crippen LogP contribution in [0.2, 0.25) is 10.0 Å². The van der Waals surface area contributed by atoms with Crippen molar-refractivity contribution in [2.24, 2.45) is 11.8 Å². The summed E-state index contributed by atoms with van der Waals surface area (Å²) in [5.74, 6) is -0.732. The predicted octanol–water partition coefficient (Wildman–Crippen LogP) is 5.53. The number of hydrogen-bond donors (Lipinski definition) is 2. The Hall–Kier alpha value is -2.18. The quantitative estimate of drug-likeness (QED) is 0.598. The Morgan fingerprint density at radius 1 is 1.21 bits per heavy atom. The summed E-state index contributed by atoms with van der Waals surface area (Å²) < 4.78 is 13.0. The van der Waals surface area contributed by atoms with Crippen molar-refractivity contribution in [2.45, 2.75) is 39.3 Å². The number of hydrogen-bond acceptors (Lipinski definition) is 3. The van der Waals surface area contributed by atoms with Gasteiger partial charge in [0.05, 0.1) is 21.5 Å². The number of carbonyl (C=O) groups is 2. The van der Waals surface area contributed by atoms with Gasteiger partial charge in [-0.15, -0.1) is 0 Å². The molecule has 154 valence electrons. The van der Waals surface area contributed by atoms with Gasteiger partial charge in [0.2, 0.25) is 5.91 Å². The van der Waals surface area contributed by atoms with Crippen molar-refractivity contribution in [2.75, 3.05) is 10.6 Å². The molecule has 0 saturated heterocycles. The van der Waals surface area contributed by atoms with E-state index in [9.17, 15) is 14.0 Å². The predicted molar refractivity (Wildman–Crippen MR) is 113 cm³/mol. The van der Waals surface area contributed by atoms with Crippen LogP contribution in [-0.2, 0) is 11.2 Å². The van der Waals surface area contributed by atoms with E-state index in [-0.39, 0.29) is 27.8 Å². The molecule has 3 rings (SSSR count). The highest BCUT2D eigenvalue weighted by Gasteiger charge is 2.43. The van der Waals surface area contributed by atoms with Gasteiger partial charge in [-0.05, 0) is 48.9 Å². The first kappa shape index (κ1) is 21.5. The van der Waals surface area contributed by atoms with Gasteiger partial charge in [-0.25, -0.2) is 9.37 Å². The van der Waals surface area contributed by atoms with E-state index in [1.165, 1.54) is 12.3 Å². The number of carbonyl (C=O) groups excluding carboxylic acids is 2. The van der Waals surface area contributed by atoms with Gasteiger partial charge in [0, 0.05) is 18.0 Å². The Labute approximate surface area is 179 Å². The van der Waals surface area contributed by atoms with E-state index >= 15 is 0 Å². The van der Waals surface area contributed by atoms with Crippen molar-refractivity contribution in [1.29, 1.82) is 0 Å². The molecule has 0 aliphatic heterocycles. The Morgan fingerprint density at radius 3 is 2.45 bits per heavy atom. The average Bonchev–Trinajstić information content (AvgIpc) is 3.36. The molecule has 1 aromatic heterocycles. The number of anilines is 2. The van der Waals surface area contributed by atoms with E-state index in [0.29, 0.717) is 11.6 Å². The van der Waals surface area contributed by atoms with E-state index < -0.39 is 23.9 Å². The molecule has 1 fully saturated rings. The normalized spacial score (nSPS) is 17.9. The lowest BCUT2D eigenvalue weighted by molar-refractivity contribution is -0.117. The monoisotopic (exact) mass is 437 g/mol. The topological polar surface area (TPSA) is 71.1 Å². The number of benzene rings is 1. The molecule has 5 nitrogen and oxygen atoms in total. The Kier molecular flexibility index (Phi) is 6.75. The van der Waals surface area contributed by atoms with E-state index in [2.05, 4.69) is 29.5 Å². The Morgan fingerprint density at radius 2 is 1.86 bits per heavy atom. The smallest absolute Gasteiger partial charge is 0.258 e. The van der Waals surface area contributed by atoms with E-state index in [1.54, 1.807) is 18.2 Å². The Bertz CT molecular complexity index is 913. The molecule has 0 radical (unpaired) electrons. The van der Waals surface area contributed by atoms with Crippen LogP contribution >= 0.6 is 23.2 Å². The molecular weight excluding hydrogens is 416 g/mol. The second kappa shape index (κ2) is 9.09. The summed E-state index contributed by atoms with van der Waals surface area (Å²) in [7, 11) is 0. The molecule has 1 aliphatic rings. The molecule has 29 heavy (non-hydrogen) atoms. The lowest BCUT2D eigenvalue weighted by atomic mass is 10.0. The molecule has 1 heterocycles. The highest BCUT2D eigenvalue weighted by molar-refractivity contribution is 6.40. The van der Waals surface area contributed by atoms with E-state index in [1.807, 2.05) is 0 Å². The molecule has 1 aromatic carbocycles. The van der Waals surface area contributed by atoms with Crippen LogP contribution in [-0.4, -0.2) is 23.0 Å². The second-order valence-electron chi connectivity index (χ2n) is 7.60. The largest absolute Gasteiger partial charge is 0.322 e. The molecule has 8 heteroatoms. The molecule has 0 unspecified atom stereocenters. The summed E-state index contributed by atoms with van der Waals surface area (Å²) in [6, 6.07) is 6.57. The highest BCUT2D eigenvalue weighted by Crippen LogP contribution is 2.34. The number of amides is 2. The minimum absolute atomic E-state index is 0.183. The lowest BCUT2D eigenvalue weighted by Gasteiger charge is -2.12. The molecule has 1 aliphatic carbocycles. The number of aryl methyl sites for hydroxylation is 1. The zero-order valence-corrected chi connectivity index (χ0v) is 17.6. The van der Waals surface area contributed by atoms with Crippen molar-refractivity contribution in [3.8, 4) is 0 Å². The Balaban J connectivity index is 1.70. The molecule has 0 spiro atoms. The van der Waals surface area contributed by atoms with Gasteiger partial charge in [0.15, 0.2) is 0 Å². The summed E-state index contributed by atoms with van der Waals surface area (Å²) in [5, 5.41) is 5.80. The van der Waals surface area contributed by atoms with Crippen molar-refractivity contribution >= 4 is 46.5 Å². The third-order valence-electron chi connectivity index (χ3n) is 4.66. The lowest BCUT2D eigenvalue weighted by Crippen LogP contribution is -2.17. The summed E-state index contributed by atoms with van der Waals surface area (Å²) in [6.07, 6.45) is 2.39. The number of halogens is 3. The van der Waals surface area contributed by atoms with Gasteiger partial charge in [-0.2, -0.15) is 0 Å². The average molecular weight is 438 g/mol. The molecule has 0 bridgehead atoms. The van der Waals surface area contributed by atoms with Gasteiger partial charge in [-0.1, -0.05) is 37.0 Å².